The zero-order chi connectivity index (χ0) is 18.1. The Hall–Kier alpha value is -1.07. The Balaban J connectivity index is 2.03. The van der Waals surface area contributed by atoms with Crippen LogP contribution in [-0.4, -0.2) is 29.9 Å². The van der Waals surface area contributed by atoms with Crippen LogP contribution >= 0.6 is 0 Å². The summed E-state index contributed by atoms with van der Waals surface area (Å²) >= 11 is 0. The van der Waals surface area contributed by atoms with Gasteiger partial charge in [0.25, 0.3) is 0 Å². The number of aryl methyl sites for hydroxylation is 1. The van der Waals surface area contributed by atoms with E-state index in [0.29, 0.717) is 11.8 Å². The van der Waals surface area contributed by atoms with E-state index in [-0.39, 0.29) is 11.2 Å². The summed E-state index contributed by atoms with van der Waals surface area (Å²) in [5.74, 6) is 2.06. The third-order valence-corrected chi connectivity index (χ3v) is 4.95. The van der Waals surface area contributed by atoms with Crippen LogP contribution in [0.3, 0.4) is 0 Å². The van der Waals surface area contributed by atoms with Gasteiger partial charge in [-0.25, -0.2) is 0 Å². The van der Waals surface area contributed by atoms with Crippen LogP contribution < -0.4 is 10.3 Å². The first-order valence-corrected chi connectivity index (χ1v) is 8.98. The lowest BCUT2D eigenvalue weighted by Crippen LogP contribution is -2.41. The molecule has 0 amide bonds. The fourth-order valence-electron chi connectivity index (χ4n) is 2.92. The molecular formula is C19H32BNO3. The van der Waals surface area contributed by atoms with Crippen molar-refractivity contribution in [3.63, 3.8) is 0 Å². The molecule has 1 aromatic rings. The number of hydrogen-bond acceptors (Lipinski definition) is 4. The summed E-state index contributed by atoms with van der Waals surface area (Å²) < 4.78 is 18.1. The largest absolute Gasteiger partial charge is 0.514 e. The van der Waals surface area contributed by atoms with Gasteiger partial charge < -0.3 is 14.0 Å². The maximum atomic E-state index is 6.06. The molecule has 2 heterocycles. The topological polar surface area (TPSA) is 40.6 Å². The summed E-state index contributed by atoms with van der Waals surface area (Å²) in [6.07, 6.45) is 1.17. The van der Waals surface area contributed by atoms with Crippen LogP contribution in [0.25, 0.3) is 0 Å². The van der Waals surface area contributed by atoms with Crippen molar-refractivity contribution >= 4 is 12.7 Å². The quantitative estimate of drug-likeness (QED) is 0.744. The summed E-state index contributed by atoms with van der Waals surface area (Å²) in [6.45, 7) is 17.6. The van der Waals surface area contributed by atoms with E-state index in [0.717, 1.165) is 23.6 Å². The van der Waals surface area contributed by atoms with E-state index in [9.17, 15) is 0 Å². The fraction of sp³-hybridized carbons (Fsp3) is 0.737. The molecule has 1 fully saturated rings. The SMILES string of the molecule is Cc1nc(B2OC(C)(C)C(C)(C)O2)ccc1OCC(C)CC(C)C. The number of pyridine rings is 1. The van der Waals surface area contributed by atoms with Crippen LogP contribution in [0.15, 0.2) is 12.1 Å². The first kappa shape index (κ1) is 19.3. The van der Waals surface area contributed by atoms with Crippen LogP contribution in [-0.2, 0) is 9.31 Å². The molecule has 0 N–H and O–H groups in total. The third-order valence-electron chi connectivity index (χ3n) is 4.95. The summed E-state index contributed by atoms with van der Waals surface area (Å²) in [4.78, 5) is 4.65. The van der Waals surface area contributed by atoms with Crippen molar-refractivity contribution in [3.8, 4) is 5.75 Å². The molecule has 134 valence electrons. The van der Waals surface area contributed by atoms with Crippen molar-refractivity contribution in [2.24, 2.45) is 11.8 Å². The maximum absolute atomic E-state index is 6.06. The molecule has 2 rings (SSSR count). The number of nitrogens with zero attached hydrogens (tertiary/aromatic N) is 1. The zero-order valence-electron chi connectivity index (χ0n) is 16.5. The average molecular weight is 333 g/mol. The Morgan fingerprint density at radius 1 is 1.08 bits per heavy atom. The highest BCUT2D eigenvalue weighted by atomic mass is 16.7. The lowest BCUT2D eigenvalue weighted by Gasteiger charge is -2.32. The van der Waals surface area contributed by atoms with Crippen molar-refractivity contribution in [1.82, 2.24) is 4.98 Å². The second-order valence-electron chi connectivity index (χ2n) is 8.45. The van der Waals surface area contributed by atoms with Gasteiger partial charge in [-0.15, -0.1) is 0 Å². The minimum Gasteiger partial charge on any atom is -0.491 e. The number of ether oxygens (including phenoxy) is 1. The Kier molecular flexibility index (Phi) is 5.66. The molecule has 0 spiro atoms. The van der Waals surface area contributed by atoms with Gasteiger partial charge in [0.05, 0.1) is 29.1 Å². The fourth-order valence-corrected chi connectivity index (χ4v) is 2.92. The Labute approximate surface area is 147 Å². The molecule has 5 heteroatoms. The van der Waals surface area contributed by atoms with E-state index in [2.05, 4.69) is 25.8 Å². The second-order valence-corrected chi connectivity index (χ2v) is 8.45. The summed E-state index contributed by atoms with van der Waals surface area (Å²) in [6, 6.07) is 3.92. The van der Waals surface area contributed by atoms with Crippen LogP contribution in [0.1, 0.15) is 60.6 Å². The van der Waals surface area contributed by atoms with Gasteiger partial charge in [0.15, 0.2) is 0 Å². The molecule has 1 aromatic heterocycles. The predicted molar refractivity (Wildman–Crippen MR) is 98.8 cm³/mol. The van der Waals surface area contributed by atoms with E-state index >= 15 is 0 Å². The van der Waals surface area contributed by atoms with Gasteiger partial charge in [-0.05, 0) is 65.0 Å². The highest BCUT2D eigenvalue weighted by Crippen LogP contribution is 2.36. The van der Waals surface area contributed by atoms with Crippen molar-refractivity contribution in [1.29, 1.82) is 0 Å². The average Bonchev–Trinajstić information content (AvgIpc) is 2.65. The maximum Gasteiger partial charge on any atom is 0.514 e. The molecule has 0 aromatic carbocycles. The van der Waals surface area contributed by atoms with Crippen LogP contribution in [0.4, 0.5) is 0 Å². The first-order valence-electron chi connectivity index (χ1n) is 8.98. The highest BCUT2D eigenvalue weighted by molar-refractivity contribution is 6.61. The monoisotopic (exact) mass is 333 g/mol. The van der Waals surface area contributed by atoms with Crippen molar-refractivity contribution in [2.45, 2.75) is 73.0 Å². The lowest BCUT2D eigenvalue weighted by molar-refractivity contribution is 0.00578. The second kappa shape index (κ2) is 7.05. The number of aromatic nitrogens is 1. The summed E-state index contributed by atoms with van der Waals surface area (Å²) in [5.41, 5.74) is 0.969. The molecule has 1 atom stereocenters. The summed E-state index contributed by atoms with van der Waals surface area (Å²) in [7, 11) is -0.428. The van der Waals surface area contributed by atoms with Gasteiger partial charge >= 0.3 is 7.12 Å². The van der Waals surface area contributed by atoms with Gasteiger partial charge in [0.2, 0.25) is 0 Å². The van der Waals surface area contributed by atoms with Crippen LogP contribution in [0.5, 0.6) is 5.75 Å². The smallest absolute Gasteiger partial charge is 0.491 e. The molecule has 4 nitrogen and oxygen atoms in total. The normalized spacial score (nSPS) is 20.5. The zero-order valence-corrected chi connectivity index (χ0v) is 16.5. The van der Waals surface area contributed by atoms with Crippen molar-refractivity contribution in [3.05, 3.63) is 17.8 Å². The molecule has 24 heavy (non-hydrogen) atoms. The molecule has 0 saturated carbocycles. The van der Waals surface area contributed by atoms with E-state index in [1.165, 1.54) is 6.42 Å². The van der Waals surface area contributed by atoms with Gasteiger partial charge in [0.1, 0.15) is 5.75 Å². The predicted octanol–water partition coefficient (Wildman–Crippen LogP) is 3.75. The Morgan fingerprint density at radius 3 is 2.17 bits per heavy atom. The lowest BCUT2D eigenvalue weighted by atomic mass is 9.84. The first-order chi connectivity index (χ1) is 11.0. The molecule has 1 aliphatic heterocycles. The van der Waals surface area contributed by atoms with Crippen molar-refractivity contribution < 1.29 is 14.0 Å². The van der Waals surface area contributed by atoms with Gasteiger partial charge in [-0.2, -0.15) is 0 Å². The van der Waals surface area contributed by atoms with E-state index in [1.807, 2.05) is 46.8 Å². The number of hydrogen-bond donors (Lipinski definition) is 0. The molecule has 0 radical (unpaired) electrons. The molecular weight excluding hydrogens is 301 g/mol. The van der Waals surface area contributed by atoms with Crippen LogP contribution in [0, 0.1) is 18.8 Å². The molecule has 1 saturated heterocycles. The van der Waals surface area contributed by atoms with Crippen molar-refractivity contribution in [2.75, 3.05) is 6.61 Å². The Morgan fingerprint density at radius 2 is 1.67 bits per heavy atom. The van der Waals surface area contributed by atoms with Crippen LogP contribution in [0.2, 0.25) is 0 Å². The minimum atomic E-state index is -0.428. The third kappa shape index (κ3) is 4.31. The van der Waals surface area contributed by atoms with Gasteiger partial charge in [-0.1, -0.05) is 20.8 Å². The van der Waals surface area contributed by atoms with Gasteiger partial charge in [0, 0.05) is 0 Å². The molecule has 0 aliphatic carbocycles. The Bertz CT molecular complexity index is 556. The van der Waals surface area contributed by atoms with Gasteiger partial charge in [-0.3, -0.25) is 4.98 Å². The van der Waals surface area contributed by atoms with E-state index < -0.39 is 7.12 Å². The van der Waals surface area contributed by atoms with E-state index in [1.54, 1.807) is 0 Å². The molecule has 0 bridgehead atoms. The minimum absolute atomic E-state index is 0.352. The number of rotatable bonds is 6. The van der Waals surface area contributed by atoms with E-state index in [4.69, 9.17) is 14.0 Å². The highest BCUT2D eigenvalue weighted by Gasteiger charge is 2.52. The standard InChI is InChI=1S/C19H32BNO3/c1-13(2)11-14(3)12-22-16-9-10-17(21-15(16)4)20-23-18(5,6)19(7,8)24-20/h9-10,13-14H,11-12H2,1-8H3. The summed E-state index contributed by atoms with van der Waals surface area (Å²) in [5, 5.41) is 0. The molecule has 1 unspecified atom stereocenters. The molecule has 1 aliphatic rings.